The Morgan fingerprint density at radius 1 is 1.19 bits per heavy atom. The van der Waals surface area contributed by atoms with Gasteiger partial charge in [-0.2, -0.15) is 4.98 Å². The normalized spacial score (nSPS) is 20.2. The average Bonchev–Trinajstić information content (AvgIpc) is 3.33. The molecule has 140 valence electrons. The van der Waals surface area contributed by atoms with E-state index in [1.807, 2.05) is 4.90 Å². The summed E-state index contributed by atoms with van der Waals surface area (Å²) in [6.45, 7) is 1.20. The Bertz CT molecular complexity index is 769. The first-order valence-electron chi connectivity index (χ1n) is 9.37. The molecule has 8 nitrogen and oxygen atoms in total. The van der Waals surface area contributed by atoms with Crippen LogP contribution in [0.5, 0.6) is 0 Å². The smallest absolute Gasteiger partial charge is 0.293 e. The van der Waals surface area contributed by atoms with E-state index in [4.69, 9.17) is 13.8 Å². The molecule has 0 radical (unpaired) electrons. The molecule has 0 aromatic carbocycles. The number of nitrogens with zero attached hydrogens (tertiary/aromatic N) is 4. The van der Waals surface area contributed by atoms with Crippen LogP contribution in [0.2, 0.25) is 0 Å². The van der Waals surface area contributed by atoms with Crippen LogP contribution < -0.4 is 0 Å². The van der Waals surface area contributed by atoms with Crippen molar-refractivity contribution in [2.75, 3.05) is 20.3 Å². The number of piperidine rings is 1. The Morgan fingerprint density at radius 3 is 2.96 bits per heavy atom. The van der Waals surface area contributed by atoms with Gasteiger partial charge in [0.15, 0.2) is 5.82 Å². The fraction of sp³-hybridized carbons (Fsp3) is 0.667. The second-order valence-electron chi connectivity index (χ2n) is 6.95. The molecule has 1 fully saturated rings. The number of hydrogen-bond donors (Lipinski definition) is 0. The van der Waals surface area contributed by atoms with Gasteiger partial charge in [0.25, 0.3) is 5.91 Å². The van der Waals surface area contributed by atoms with Crippen molar-refractivity contribution in [1.82, 2.24) is 20.2 Å². The van der Waals surface area contributed by atoms with Crippen molar-refractivity contribution in [3.05, 3.63) is 28.7 Å². The fourth-order valence-corrected chi connectivity index (χ4v) is 3.82. The Labute approximate surface area is 151 Å². The molecule has 1 aliphatic carbocycles. The van der Waals surface area contributed by atoms with E-state index in [0.29, 0.717) is 37.0 Å². The predicted molar refractivity (Wildman–Crippen MR) is 90.7 cm³/mol. The summed E-state index contributed by atoms with van der Waals surface area (Å²) < 4.78 is 16.0. The SMILES string of the molecule is COCCc1noc([C@H]2CCCCN2C(=O)c2onc3c2CCCC3)n1. The number of methoxy groups -OCH3 is 1. The van der Waals surface area contributed by atoms with Crippen molar-refractivity contribution >= 4 is 5.91 Å². The van der Waals surface area contributed by atoms with Gasteiger partial charge in [-0.25, -0.2) is 0 Å². The van der Waals surface area contributed by atoms with Gasteiger partial charge in [0.1, 0.15) is 6.04 Å². The van der Waals surface area contributed by atoms with Crippen LogP contribution in [0.4, 0.5) is 0 Å². The van der Waals surface area contributed by atoms with Gasteiger partial charge in [0.2, 0.25) is 11.7 Å². The average molecular weight is 360 g/mol. The summed E-state index contributed by atoms with van der Waals surface area (Å²) >= 11 is 0. The molecule has 2 aliphatic rings. The molecule has 1 amide bonds. The van der Waals surface area contributed by atoms with Crippen LogP contribution in [0.1, 0.15) is 71.7 Å². The van der Waals surface area contributed by atoms with Crippen molar-refractivity contribution in [3.8, 4) is 0 Å². The lowest BCUT2D eigenvalue weighted by Crippen LogP contribution is -2.39. The molecule has 1 atom stereocenters. The monoisotopic (exact) mass is 360 g/mol. The van der Waals surface area contributed by atoms with E-state index >= 15 is 0 Å². The number of aromatic nitrogens is 3. The van der Waals surface area contributed by atoms with Gasteiger partial charge < -0.3 is 18.7 Å². The van der Waals surface area contributed by atoms with E-state index in [-0.39, 0.29) is 11.9 Å². The third-order valence-corrected chi connectivity index (χ3v) is 5.22. The van der Waals surface area contributed by atoms with E-state index in [9.17, 15) is 4.79 Å². The minimum absolute atomic E-state index is 0.109. The molecule has 2 aromatic heterocycles. The molecule has 0 saturated carbocycles. The van der Waals surface area contributed by atoms with Gasteiger partial charge in [-0.15, -0.1) is 0 Å². The number of carbonyl (C=O) groups is 1. The summed E-state index contributed by atoms with van der Waals surface area (Å²) in [5.41, 5.74) is 1.92. The van der Waals surface area contributed by atoms with Crippen LogP contribution in [0.15, 0.2) is 9.05 Å². The highest BCUT2D eigenvalue weighted by Crippen LogP contribution is 2.33. The van der Waals surface area contributed by atoms with Crippen LogP contribution in [0.25, 0.3) is 0 Å². The topological polar surface area (TPSA) is 94.5 Å². The van der Waals surface area contributed by atoms with Gasteiger partial charge in [0.05, 0.1) is 12.3 Å². The van der Waals surface area contributed by atoms with Gasteiger partial charge in [0, 0.05) is 25.6 Å². The molecule has 0 unspecified atom stereocenters. The minimum atomic E-state index is -0.204. The lowest BCUT2D eigenvalue weighted by Gasteiger charge is -2.32. The molecule has 1 saturated heterocycles. The maximum Gasteiger partial charge on any atom is 0.293 e. The summed E-state index contributed by atoms with van der Waals surface area (Å²) in [6, 6.07) is -0.204. The molecule has 3 heterocycles. The quantitative estimate of drug-likeness (QED) is 0.808. The third kappa shape index (κ3) is 3.25. The summed E-state index contributed by atoms with van der Waals surface area (Å²) in [7, 11) is 1.64. The van der Waals surface area contributed by atoms with Crippen molar-refractivity contribution in [2.45, 2.75) is 57.4 Å². The number of rotatable bonds is 5. The summed E-state index contributed by atoms with van der Waals surface area (Å²) in [5.74, 6) is 1.39. The van der Waals surface area contributed by atoms with Crippen molar-refractivity contribution in [2.24, 2.45) is 0 Å². The second kappa shape index (κ2) is 7.57. The summed E-state index contributed by atoms with van der Waals surface area (Å²) in [6.07, 6.45) is 7.32. The molecule has 0 N–H and O–H groups in total. The zero-order chi connectivity index (χ0) is 17.9. The molecule has 0 bridgehead atoms. The number of likely N-dealkylation sites (tertiary alicyclic amines) is 1. The first-order chi connectivity index (χ1) is 12.8. The van der Waals surface area contributed by atoms with Gasteiger partial charge >= 0.3 is 0 Å². The van der Waals surface area contributed by atoms with E-state index in [1.54, 1.807) is 7.11 Å². The van der Waals surface area contributed by atoms with Gasteiger partial charge in [-0.05, 0) is 44.9 Å². The number of amides is 1. The maximum atomic E-state index is 13.2. The summed E-state index contributed by atoms with van der Waals surface area (Å²) in [4.78, 5) is 19.5. The number of aryl methyl sites for hydroxylation is 1. The molecule has 8 heteroatoms. The first kappa shape index (κ1) is 17.2. The Balaban J connectivity index is 1.56. The van der Waals surface area contributed by atoms with Crippen molar-refractivity contribution < 1.29 is 18.6 Å². The van der Waals surface area contributed by atoms with Crippen LogP contribution in [0, 0.1) is 0 Å². The van der Waals surface area contributed by atoms with E-state index < -0.39 is 0 Å². The Morgan fingerprint density at radius 2 is 2.08 bits per heavy atom. The number of carbonyl (C=O) groups excluding carboxylic acids is 1. The van der Waals surface area contributed by atoms with Crippen molar-refractivity contribution in [1.29, 1.82) is 0 Å². The lowest BCUT2D eigenvalue weighted by atomic mass is 9.95. The molecule has 4 rings (SSSR count). The van der Waals surface area contributed by atoms with E-state index in [0.717, 1.165) is 56.2 Å². The number of hydrogen-bond acceptors (Lipinski definition) is 7. The lowest BCUT2D eigenvalue weighted by molar-refractivity contribution is 0.0518. The van der Waals surface area contributed by atoms with Crippen LogP contribution in [0.3, 0.4) is 0 Å². The fourth-order valence-electron chi connectivity index (χ4n) is 3.82. The zero-order valence-electron chi connectivity index (χ0n) is 15.1. The highest BCUT2D eigenvalue weighted by atomic mass is 16.5. The first-order valence-corrected chi connectivity index (χ1v) is 9.37. The number of fused-ring (bicyclic) bond motifs is 1. The largest absolute Gasteiger partial charge is 0.384 e. The molecule has 26 heavy (non-hydrogen) atoms. The number of ether oxygens (including phenoxy) is 1. The Kier molecular flexibility index (Phi) is 5.01. The van der Waals surface area contributed by atoms with Crippen LogP contribution in [-0.2, 0) is 24.0 Å². The highest BCUT2D eigenvalue weighted by Gasteiger charge is 2.36. The van der Waals surface area contributed by atoms with E-state index in [1.165, 1.54) is 0 Å². The van der Waals surface area contributed by atoms with Gasteiger partial charge in [-0.1, -0.05) is 10.3 Å². The maximum absolute atomic E-state index is 13.2. The van der Waals surface area contributed by atoms with E-state index in [2.05, 4.69) is 15.3 Å². The summed E-state index contributed by atoms with van der Waals surface area (Å²) in [5, 5.41) is 8.14. The molecule has 2 aromatic rings. The molecule has 1 aliphatic heterocycles. The molecular weight excluding hydrogens is 336 g/mol. The van der Waals surface area contributed by atoms with Crippen LogP contribution in [-0.4, -0.2) is 46.4 Å². The third-order valence-electron chi connectivity index (χ3n) is 5.22. The predicted octanol–water partition coefficient (Wildman–Crippen LogP) is 2.49. The molecular formula is C18H24N4O4. The van der Waals surface area contributed by atoms with Crippen LogP contribution >= 0.6 is 0 Å². The van der Waals surface area contributed by atoms with Crippen molar-refractivity contribution in [3.63, 3.8) is 0 Å². The zero-order valence-corrected chi connectivity index (χ0v) is 15.1. The standard InChI is InChI=1S/C18H24N4O4/c1-24-11-9-15-19-17(26-21-15)14-8-4-5-10-22(14)18(23)16-12-6-2-3-7-13(12)20-25-16/h14H,2-11H2,1H3/t14-/m1/s1. The van der Waals surface area contributed by atoms with Gasteiger partial charge in [-0.3, -0.25) is 4.79 Å². The second-order valence-corrected chi connectivity index (χ2v) is 6.95. The minimum Gasteiger partial charge on any atom is -0.384 e. The molecule has 0 spiro atoms. The Hall–Kier alpha value is -2.22. The highest BCUT2D eigenvalue weighted by molar-refractivity contribution is 5.93.